The van der Waals surface area contributed by atoms with Crippen LogP contribution in [0.4, 0.5) is 5.13 Å². The minimum Gasteiger partial charge on any atom is -0.457 e. The Labute approximate surface area is 185 Å². The number of benzene rings is 2. The monoisotopic (exact) mass is 435 g/mol. The Morgan fingerprint density at radius 2 is 1.84 bits per heavy atom. The lowest BCUT2D eigenvalue weighted by atomic mass is 10.1. The van der Waals surface area contributed by atoms with Crippen LogP contribution < -0.4 is 10.6 Å². The molecule has 0 unspecified atom stereocenters. The third-order valence-corrected chi connectivity index (χ3v) is 5.92. The Bertz CT molecular complexity index is 1020. The fourth-order valence-electron chi connectivity index (χ4n) is 3.37. The lowest BCUT2D eigenvalue weighted by molar-refractivity contribution is 0.0472. The van der Waals surface area contributed by atoms with Crippen molar-refractivity contribution in [2.45, 2.75) is 13.2 Å². The molecule has 0 amide bonds. The average Bonchev–Trinajstić information content (AvgIpc) is 3.37. The van der Waals surface area contributed by atoms with Gasteiger partial charge in [0, 0.05) is 37.8 Å². The number of nitrogens with zero attached hydrogens (tertiary/aromatic N) is 4. The zero-order valence-electron chi connectivity index (χ0n) is 17.2. The molecular formula is C23H25N5O2S. The molecule has 2 aromatic carbocycles. The van der Waals surface area contributed by atoms with Crippen LogP contribution in [-0.2, 0) is 17.9 Å². The molecular weight excluding hydrogens is 410 g/mol. The molecule has 0 radical (unpaired) electrons. The normalized spacial score (nSPS) is 14.5. The second kappa shape index (κ2) is 10.1. The van der Waals surface area contributed by atoms with Gasteiger partial charge in [0.25, 0.3) is 0 Å². The summed E-state index contributed by atoms with van der Waals surface area (Å²) in [5.41, 5.74) is 8.61. The van der Waals surface area contributed by atoms with Gasteiger partial charge in [0.1, 0.15) is 6.61 Å². The Kier molecular flexibility index (Phi) is 6.78. The van der Waals surface area contributed by atoms with Gasteiger partial charge >= 0.3 is 5.97 Å². The van der Waals surface area contributed by atoms with E-state index in [9.17, 15) is 4.79 Å². The van der Waals surface area contributed by atoms with Crippen LogP contribution in [0.5, 0.6) is 0 Å². The van der Waals surface area contributed by atoms with Gasteiger partial charge in [-0.25, -0.2) is 14.8 Å². The van der Waals surface area contributed by atoms with Crippen LogP contribution in [0.25, 0.3) is 0 Å². The van der Waals surface area contributed by atoms with Gasteiger partial charge in [-0.1, -0.05) is 42.5 Å². The number of carbonyl (C=O) groups is 1. The van der Waals surface area contributed by atoms with Gasteiger partial charge in [-0.05, 0) is 23.3 Å². The van der Waals surface area contributed by atoms with Gasteiger partial charge in [0.05, 0.1) is 12.1 Å². The number of esters is 1. The highest BCUT2D eigenvalue weighted by atomic mass is 32.1. The van der Waals surface area contributed by atoms with E-state index in [4.69, 9.17) is 10.5 Å². The molecule has 1 aliphatic rings. The number of carbonyl (C=O) groups excluding carboxylic acids is 1. The standard InChI is InChI=1S/C23H25N5O2S/c24-22(27-10-12-28(13-11-27)23-25-9-14-31-23)26-16-19-7-4-8-20(15-19)21(29)30-17-18-5-2-1-3-6-18/h1-9,14-15H,10-13,16-17H2,(H2,24,26). The number of piperazine rings is 1. The summed E-state index contributed by atoms with van der Waals surface area (Å²) in [4.78, 5) is 25.6. The Morgan fingerprint density at radius 1 is 1.06 bits per heavy atom. The summed E-state index contributed by atoms with van der Waals surface area (Å²) in [6.45, 7) is 4.01. The van der Waals surface area contributed by atoms with Crippen LogP contribution in [0.2, 0.25) is 0 Å². The summed E-state index contributed by atoms with van der Waals surface area (Å²) >= 11 is 1.65. The molecule has 7 nitrogen and oxygen atoms in total. The zero-order chi connectivity index (χ0) is 21.5. The van der Waals surface area contributed by atoms with Crippen LogP contribution in [-0.4, -0.2) is 48.0 Å². The molecule has 2 heterocycles. The van der Waals surface area contributed by atoms with Gasteiger partial charge in [0.2, 0.25) is 0 Å². The molecule has 8 heteroatoms. The van der Waals surface area contributed by atoms with Gasteiger partial charge < -0.3 is 20.3 Å². The molecule has 1 saturated heterocycles. The second-order valence-electron chi connectivity index (χ2n) is 7.23. The molecule has 0 spiro atoms. The number of guanidine groups is 1. The van der Waals surface area contributed by atoms with Gasteiger partial charge in [0.15, 0.2) is 11.1 Å². The number of ether oxygens (including phenoxy) is 1. The summed E-state index contributed by atoms with van der Waals surface area (Å²) < 4.78 is 5.41. The SMILES string of the molecule is NC(=NCc1cccc(C(=O)OCc2ccccc2)c1)N1CCN(c2nccs2)CC1. The molecule has 3 aromatic rings. The predicted molar refractivity (Wildman–Crippen MR) is 123 cm³/mol. The average molecular weight is 436 g/mol. The highest BCUT2D eigenvalue weighted by Crippen LogP contribution is 2.19. The number of rotatable bonds is 6. The van der Waals surface area contributed by atoms with Gasteiger partial charge in [-0.2, -0.15) is 0 Å². The molecule has 1 fully saturated rings. The first-order chi connectivity index (χ1) is 15.2. The van der Waals surface area contributed by atoms with E-state index in [1.807, 2.05) is 60.1 Å². The van der Waals surface area contributed by atoms with Crippen molar-refractivity contribution < 1.29 is 9.53 Å². The molecule has 1 aliphatic heterocycles. The number of nitrogens with two attached hydrogens (primary N) is 1. The molecule has 2 N–H and O–H groups in total. The van der Waals surface area contributed by atoms with E-state index in [0.717, 1.165) is 42.4 Å². The summed E-state index contributed by atoms with van der Waals surface area (Å²) in [7, 11) is 0. The Morgan fingerprint density at radius 3 is 2.58 bits per heavy atom. The van der Waals surface area contributed by atoms with Crippen molar-refractivity contribution in [1.82, 2.24) is 9.88 Å². The maximum Gasteiger partial charge on any atom is 0.338 e. The van der Waals surface area contributed by atoms with Crippen LogP contribution in [0, 0.1) is 0 Å². The van der Waals surface area contributed by atoms with Crippen molar-refractivity contribution in [2.24, 2.45) is 10.7 Å². The third-order valence-electron chi connectivity index (χ3n) is 5.09. The van der Waals surface area contributed by atoms with Crippen LogP contribution in [0.1, 0.15) is 21.5 Å². The molecule has 0 bridgehead atoms. The summed E-state index contributed by atoms with van der Waals surface area (Å²) in [6.07, 6.45) is 1.83. The van der Waals surface area contributed by atoms with Crippen molar-refractivity contribution in [3.8, 4) is 0 Å². The van der Waals surface area contributed by atoms with Crippen molar-refractivity contribution in [2.75, 3.05) is 31.1 Å². The van der Waals surface area contributed by atoms with Crippen LogP contribution in [0.15, 0.2) is 71.2 Å². The maximum atomic E-state index is 12.4. The second-order valence-corrected chi connectivity index (χ2v) is 8.10. The van der Waals surface area contributed by atoms with E-state index in [1.54, 1.807) is 17.4 Å². The minimum atomic E-state index is -0.346. The predicted octanol–water partition coefficient (Wildman–Crippen LogP) is 3.14. The summed E-state index contributed by atoms with van der Waals surface area (Å²) in [5, 5.41) is 3.04. The lowest BCUT2D eigenvalue weighted by Gasteiger charge is -2.35. The van der Waals surface area contributed by atoms with Crippen molar-refractivity contribution in [3.63, 3.8) is 0 Å². The Balaban J connectivity index is 1.30. The van der Waals surface area contributed by atoms with E-state index in [1.165, 1.54) is 0 Å². The number of hydrogen-bond acceptors (Lipinski definition) is 6. The van der Waals surface area contributed by atoms with Crippen molar-refractivity contribution in [1.29, 1.82) is 0 Å². The van der Waals surface area contributed by atoms with E-state index >= 15 is 0 Å². The highest BCUT2D eigenvalue weighted by Gasteiger charge is 2.19. The largest absolute Gasteiger partial charge is 0.457 e. The molecule has 31 heavy (non-hydrogen) atoms. The molecule has 0 atom stereocenters. The van der Waals surface area contributed by atoms with Gasteiger partial charge in [-0.3, -0.25) is 0 Å². The molecule has 0 aliphatic carbocycles. The molecule has 160 valence electrons. The van der Waals surface area contributed by atoms with Crippen molar-refractivity contribution in [3.05, 3.63) is 82.9 Å². The fourth-order valence-corrected chi connectivity index (χ4v) is 4.07. The van der Waals surface area contributed by atoms with E-state index in [-0.39, 0.29) is 12.6 Å². The summed E-state index contributed by atoms with van der Waals surface area (Å²) in [6, 6.07) is 17.0. The maximum absolute atomic E-state index is 12.4. The van der Waals surface area contributed by atoms with Gasteiger partial charge in [-0.15, -0.1) is 11.3 Å². The van der Waals surface area contributed by atoms with Crippen LogP contribution in [0.3, 0.4) is 0 Å². The number of anilines is 1. The summed E-state index contributed by atoms with van der Waals surface area (Å²) in [5.74, 6) is 0.178. The molecule has 0 saturated carbocycles. The van der Waals surface area contributed by atoms with E-state index in [2.05, 4.69) is 19.8 Å². The fraction of sp³-hybridized carbons (Fsp3) is 0.261. The molecule has 1 aromatic heterocycles. The minimum absolute atomic E-state index is 0.252. The zero-order valence-corrected chi connectivity index (χ0v) is 18.0. The smallest absolute Gasteiger partial charge is 0.338 e. The quantitative estimate of drug-likeness (QED) is 0.364. The first-order valence-corrected chi connectivity index (χ1v) is 11.1. The lowest BCUT2D eigenvalue weighted by Crippen LogP contribution is -2.51. The highest BCUT2D eigenvalue weighted by molar-refractivity contribution is 7.13. The number of aliphatic imine (C=N–C) groups is 1. The van der Waals surface area contributed by atoms with Crippen LogP contribution >= 0.6 is 11.3 Å². The number of hydrogen-bond donors (Lipinski definition) is 1. The Hall–Kier alpha value is -3.39. The third kappa shape index (κ3) is 5.61. The van der Waals surface area contributed by atoms with Crippen molar-refractivity contribution >= 4 is 28.4 Å². The van der Waals surface area contributed by atoms with E-state index in [0.29, 0.717) is 18.1 Å². The number of thiazole rings is 1. The first-order valence-electron chi connectivity index (χ1n) is 10.2. The topological polar surface area (TPSA) is 84.0 Å². The molecule has 4 rings (SSSR count). The number of aromatic nitrogens is 1. The first kappa shape index (κ1) is 20.9. The van der Waals surface area contributed by atoms with E-state index < -0.39 is 0 Å².